The van der Waals surface area contributed by atoms with Crippen molar-refractivity contribution in [1.82, 2.24) is 19.4 Å². The lowest BCUT2D eigenvalue weighted by Gasteiger charge is -2.38. The minimum Gasteiger partial charge on any atom is -0.335 e. The van der Waals surface area contributed by atoms with E-state index in [9.17, 15) is 18.0 Å². The Morgan fingerprint density at radius 3 is 2.00 bits per heavy atom. The molecule has 1 N–H and O–H groups in total. The second-order valence-corrected chi connectivity index (χ2v) is 9.59. The first-order chi connectivity index (χ1) is 13.7. The van der Waals surface area contributed by atoms with Crippen molar-refractivity contribution in [2.24, 2.45) is 0 Å². The Kier molecular flexibility index (Phi) is 6.48. The zero-order valence-corrected chi connectivity index (χ0v) is 18.2. The number of benzene rings is 1. The first-order valence-corrected chi connectivity index (χ1v) is 11.6. The Morgan fingerprint density at radius 1 is 0.862 bits per heavy atom. The zero-order valence-electron chi connectivity index (χ0n) is 17.4. The number of carbonyl (C=O) groups excluding carboxylic acids is 2. The fraction of sp³-hybridized carbons (Fsp3) is 0.600. The summed E-state index contributed by atoms with van der Waals surface area (Å²) < 4.78 is 26.9. The Bertz CT molecular complexity index is 886. The minimum absolute atomic E-state index is 0.0605. The monoisotopic (exact) mass is 422 g/mol. The van der Waals surface area contributed by atoms with Gasteiger partial charge in [0.05, 0.1) is 4.90 Å². The largest absolute Gasteiger partial charge is 0.335 e. The first kappa shape index (κ1) is 21.6. The minimum atomic E-state index is -3.65. The smallest absolute Gasteiger partial charge is 0.320 e. The van der Waals surface area contributed by atoms with Gasteiger partial charge in [-0.15, -0.1) is 0 Å². The molecule has 160 valence electrons. The van der Waals surface area contributed by atoms with Crippen LogP contribution >= 0.6 is 0 Å². The van der Waals surface area contributed by atoms with Crippen molar-refractivity contribution in [3.8, 4) is 0 Å². The van der Waals surface area contributed by atoms with Crippen molar-refractivity contribution in [3.05, 3.63) is 28.8 Å². The lowest BCUT2D eigenvalue weighted by Crippen LogP contribution is -2.54. The summed E-state index contributed by atoms with van der Waals surface area (Å²) >= 11 is 0. The quantitative estimate of drug-likeness (QED) is 0.801. The highest BCUT2D eigenvalue weighted by Gasteiger charge is 2.29. The highest BCUT2D eigenvalue weighted by Crippen LogP contribution is 2.22. The molecule has 1 aromatic rings. The molecule has 2 heterocycles. The normalized spacial score (nSPS) is 18.1. The molecule has 8 nitrogen and oxygen atoms in total. The van der Waals surface area contributed by atoms with Crippen LogP contribution < -0.4 is 4.72 Å². The molecule has 9 heteroatoms. The third kappa shape index (κ3) is 4.56. The molecule has 0 aliphatic carbocycles. The molecule has 0 atom stereocenters. The fourth-order valence-corrected chi connectivity index (χ4v) is 4.97. The van der Waals surface area contributed by atoms with Gasteiger partial charge in [-0.3, -0.25) is 4.79 Å². The lowest BCUT2D eigenvalue weighted by atomic mass is 10.0. The zero-order chi connectivity index (χ0) is 21.2. The third-order valence-corrected chi connectivity index (χ3v) is 7.43. The average Bonchev–Trinajstić information content (AvgIpc) is 2.75. The van der Waals surface area contributed by atoms with Gasteiger partial charge in [0.15, 0.2) is 0 Å². The number of amides is 3. The molecule has 0 bridgehead atoms. The molecular weight excluding hydrogens is 392 g/mol. The van der Waals surface area contributed by atoms with Gasteiger partial charge in [-0.2, -0.15) is 0 Å². The number of piperidine rings is 1. The van der Waals surface area contributed by atoms with Gasteiger partial charge in [-0.1, -0.05) is 0 Å². The number of carbonyl (C=O) groups is 2. The van der Waals surface area contributed by atoms with E-state index in [4.69, 9.17) is 0 Å². The lowest BCUT2D eigenvalue weighted by molar-refractivity contribution is 0.0632. The van der Waals surface area contributed by atoms with E-state index >= 15 is 0 Å². The molecule has 3 rings (SSSR count). The maximum absolute atomic E-state index is 13.0. The number of sulfonamides is 1. The van der Waals surface area contributed by atoms with Gasteiger partial charge in [0.25, 0.3) is 5.91 Å². The van der Waals surface area contributed by atoms with Crippen LogP contribution in [-0.2, 0) is 10.0 Å². The molecule has 29 heavy (non-hydrogen) atoms. The van der Waals surface area contributed by atoms with Crippen LogP contribution in [0.5, 0.6) is 0 Å². The van der Waals surface area contributed by atoms with E-state index in [0.29, 0.717) is 37.3 Å². The predicted octanol–water partition coefficient (Wildman–Crippen LogP) is 1.58. The van der Waals surface area contributed by atoms with Crippen molar-refractivity contribution in [3.63, 3.8) is 0 Å². The molecule has 0 unspecified atom stereocenters. The third-order valence-electron chi connectivity index (χ3n) is 5.89. The molecule has 0 radical (unpaired) electrons. The molecule has 2 aliphatic heterocycles. The summed E-state index contributed by atoms with van der Waals surface area (Å²) in [7, 11) is -2.29. The maximum Gasteiger partial charge on any atom is 0.320 e. The van der Waals surface area contributed by atoms with E-state index in [0.717, 1.165) is 31.5 Å². The van der Waals surface area contributed by atoms with Crippen LogP contribution in [0.3, 0.4) is 0 Å². The number of nitrogens with zero attached hydrogens (tertiary/aromatic N) is 3. The van der Waals surface area contributed by atoms with Crippen LogP contribution in [-0.4, -0.2) is 81.4 Å². The highest BCUT2D eigenvalue weighted by molar-refractivity contribution is 7.89. The van der Waals surface area contributed by atoms with Crippen molar-refractivity contribution < 1.29 is 18.0 Å². The summed E-state index contributed by atoms with van der Waals surface area (Å²) in [5.41, 5.74) is 1.74. The summed E-state index contributed by atoms with van der Waals surface area (Å²) in [5, 5.41) is 0. The van der Waals surface area contributed by atoms with Crippen molar-refractivity contribution in [2.75, 3.05) is 46.3 Å². The summed E-state index contributed by atoms with van der Waals surface area (Å²) in [6, 6.07) is 3.24. The number of hydrogen-bond acceptors (Lipinski definition) is 4. The Balaban J connectivity index is 1.70. The molecule has 2 aliphatic rings. The molecule has 2 saturated heterocycles. The van der Waals surface area contributed by atoms with Gasteiger partial charge in [0, 0.05) is 44.8 Å². The second kappa shape index (κ2) is 8.71. The van der Waals surface area contributed by atoms with Gasteiger partial charge < -0.3 is 14.7 Å². The van der Waals surface area contributed by atoms with Crippen LogP contribution in [0.25, 0.3) is 0 Å². The van der Waals surface area contributed by atoms with E-state index in [1.54, 1.807) is 24.8 Å². The number of hydrogen-bond donors (Lipinski definition) is 1. The maximum atomic E-state index is 13.0. The molecular formula is C20H30N4O4S. The summed E-state index contributed by atoms with van der Waals surface area (Å²) in [4.78, 5) is 31.2. The van der Waals surface area contributed by atoms with E-state index in [-0.39, 0.29) is 16.8 Å². The fourth-order valence-electron chi connectivity index (χ4n) is 3.91. The molecule has 0 aromatic heterocycles. The molecule has 0 spiro atoms. The van der Waals surface area contributed by atoms with E-state index < -0.39 is 10.0 Å². The van der Waals surface area contributed by atoms with Gasteiger partial charge in [0.2, 0.25) is 10.0 Å². The topological polar surface area (TPSA) is 90.0 Å². The highest BCUT2D eigenvalue weighted by atomic mass is 32.2. The summed E-state index contributed by atoms with van der Waals surface area (Å²) in [6.07, 6.45) is 3.27. The molecule has 1 aromatic carbocycles. The second-order valence-electron chi connectivity index (χ2n) is 7.73. The molecule has 0 saturated carbocycles. The van der Waals surface area contributed by atoms with Gasteiger partial charge in [-0.25, -0.2) is 17.9 Å². The van der Waals surface area contributed by atoms with Gasteiger partial charge >= 0.3 is 6.03 Å². The van der Waals surface area contributed by atoms with Crippen LogP contribution in [0.15, 0.2) is 17.0 Å². The standard InChI is InChI=1S/C20H30N4O4S/c1-15-13-17(14-18(16(15)2)29(27,28)21-3)19(25)22-9-11-24(12-10-22)20(26)23-7-5-4-6-8-23/h13-14,21H,4-12H2,1-3H3. The summed E-state index contributed by atoms with van der Waals surface area (Å²) in [6.45, 7) is 7.03. The summed E-state index contributed by atoms with van der Waals surface area (Å²) in [5.74, 6) is -0.203. The van der Waals surface area contributed by atoms with Crippen LogP contribution in [0.4, 0.5) is 4.79 Å². The number of nitrogens with one attached hydrogen (secondary N) is 1. The van der Waals surface area contributed by atoms with Crippen LogP contribution in [0, 0.1) is 13.8 Å². The number of piperazine rings is 1. The number of urea groups is 1. The number of aryl methyl sites for hydroxylation is 1. The number of likely N-dealkylation sites (tertiary alicyclic amines) is 1. The van der Waals surface area contributed by atoms with Crippen LogP contribution in [0.2, 0.25) is 0 Å². The first-order valence-electron chi connectivity index (χ1n) is 10.1. The SMILES string of the molecule is CNS(=O)(=O)c1cc(C(=O)N2CCN(C(=O)N3CCCCC3)CC2)cc(C)c1C. The van der Waals surface area contributed by atoms with Crippen LogP contribution in [0.1, 0.15) is 40.7 Å². The predicted molar refractivity (Wildman–Crippen MR) is 110 cm³/mol. The molecule has 3 amide bonds. The Morgan fingerprint density at radius 2 is 1.41 bits per heavy atom. The van der Waals surface area contributed by atoms with Gasteiger partial charge in [-0.05, 0) is 63.4 Å². The molecule has 2 fully saturated rings. The number of rotatable bonds is 3. The van der Waals surface area contributed by atoms with Crippen molar-refractivity contribution in [2.45, 2.75) is 38.0 Å². The van der Waals surface area contributed by atoms with E-state index in [2.05, 4.69) is 4.72 Å². The van der Waals surface area contributed by atoms with Crippen molar-refractivity contribution in [1.29, 1.82) is 0 Å². The average molecular weight is 423 g/mol. The van der Waals surface area contributed by atoms with Gasteiger partial charge in [0.1, 0.15) is 0 Å². The van der Waals surface area contributed by atoms with E-state index in [1.807, 2.05) is 9.80 Å². The van der Waals surface area contributed by atoms with Crippen molar-refractivity contribution >= 4 is 22.0 Å². The van der Waals surface area contributed by atoms with E-state index in [1.165, 1.54) is 19.5 Å². The Labute approximate surface area is 172 Å². The Hall–Kier alpha value is -2.13.